The van der Waals surface area contributed by atoms with Crippen LogP contribution in [-0.2, 0) is 86.9 Å². The Morgan fingerprint density at radius 2 is 0.556 bits per heavy atom. The van der Waals surface area contributed by atoms with Crippen molar-refractivity contribution in [1.29, 1.82) is 0 Å². The SMILES string of the molecule is CC(=O)[O][Ti]([O]C(C)=O)([O]C(C)=O)[O][Ti]([O]C(C)=O)([O]C(C)=O)[O]C(C)=O. The maximum atomic E-state index is 11.4. The first-order valence-corrected chi connectivity index (χ1v) is 12.2. The van der Waals surface area contributed by atoms with Crippen LogP contribution < -0.4 is 0 Å². The van der Waals surface area contributed by atoms with Crippen LogP contribution in [0.2, 0.25) is 0 Å². The van der Waals surface area contributed by atoms with Gasteiger partial charge < -0.3 is 0 Å². The summed E-state index contributed by atoms with van der Waals surface area (Å²) >= 11 is -11.5. The van der Waals surface area contributed by atoms with E-state index in [9.17, 15) is 28.8 Å². The molecule has 0 aliphatic carbocycles. The molecular weight excluding hydrogens is 448 g/mol. The van der Waals surface area contributed by atoms with Gasteiger partial charge in [0.15, 0.2) is 0 Å². The van der Waals surface area contributed by atoms with E-state index in [1.54, 1.807) is 0 Å². The third-order valence-corrected chi connectivity index (χ3v) is 10.9. The molecule has 15 heteroatoms. The minimum absolute atomic E-state index is 0.870. The molecule has 0 saturated carbocycles. The molecule has 0 aromatic carbocycles. The third kappa shape index (κ3) is 10.2. The van der Waals surface area contributed by atoms with E-state index < -0.39 is 72.1 Å². The molecule has 27 heavy (non-hydrogen) atoms. The standard InChI is InChI=1S/6C2H4O2.O.2Ti/c6*1-2(3)4;;;/h6*1H3,(H,3,4);;;/q;;;;;;;2*+3/p-6. The van der Waals surface area contributed by atoms with Crippen molar-refractivity contribution < 1.29 is 86.9 Å². The fourth-order valence-corrected chi connectivity index (χ4v) is 9.60. The summed E-state index contributed by atoms with van der Waals surface area (Å²) < 4.78 is 33.8. The van der Waals surface area contributed by atoms with Gasteiger partial charge in [-0.25, -0.2) is 0 Å². The summed E-state index contributed by atoms with van der Waals surface area (Å²) in [7, 11) is 0. The summed E-state index contributed by atoms with van der Waals surface area (Å²) in [5, 5.41) is 0. The summed E-state index contributed by atoms with van der Waals surface area (Å²) in [6.45, 7) is 5.22. The monoisotopic (exact) mass is 466 g/mol. The van der Waals surface area contributed by atoms with E-state index in [0.29, 0.717) is 0 Å². The van der Waals surface area contributed by atoms with Crippen molar-refractivity contribution in [3.63, 3.8) is 0 Å². The zero-order chi connectivity index (χ0) is 21.4. The molecule has 0 heterocycles. The topological polar surface area (TPSA) is 167 Å². The van der Waals surface area contributed by atoms with Gasteiger partial charge in [-0.1, -0.05) is 0 Å². The second-order valence-corrected chi connectivity index (χ2v) is 11.3. The molecule has 0 aliphatic heterocycles. The average Bonchev–Trinajstić information content (AvgIpc) is 2.30. The van der Waals surface area contributed by atoms with Crippen LogP contribution in [0.3, 0.4) is 0 Å². The molecule has 0 fully saturated rings. The van der Waals surface area contributed by atoms with Crippen molar-refractivity contribution in [3.05, 3.63) is 0 Å². The Labute approximate surface area is 164 Å². The number of hydrogen-bond acceptors (Lipinski definition) is 13. The van der Waals surface area contributed by atoms with Crippen molar-refractivity contribution >= 4 is 35.8 Å². The second-order valence-electron chi connectivity index (χ2n) is 4.66. The first-order valence-electron chi connectivity index (χ1n) is 7.08. The first-order chi connectivity index (χ1) is 12.2. The van der Waals surface area contributed by atoms with E-state index in [1.165, 1.54) is 0 Å². The van der Waals surface area contributed by atoms with E-state index in [-0.39, 0.29) is 0 Å². The Bertz CT molecular complexity index is 508. The molecule has 13 nitrogen and oxygen atoms in total. The van der Waals surface area contributed by atoms with Gasteiger partial charge in [0, 0.05) is 0 Å². The molecule has 0 spiro atoms. The van der Waals surface area contributed by atoms with Crippen molar-refractivity contribution in [1.82, 2.24) is 0 Å². The van der Waals surface area contributed by atoms with Gasteiger partial charge >= 0.3 is 164 Å². The molecule has 0 aromatic heterocycles. The molecule has 0 bridgehead atoms. The first kappa shape index (κ1) is 25.2. The van der Waals surface area contributed by atoms with Gasteiger partial charge in [0.1, 0.15) is 0 Å². The zero-order valence-corrected chi connectivity index (χ0v) is 18.4. The number of rotatable bonds is 8. The average molecular weight is 466 g/mol. The molecule has 0 aliphatic rings. The summed E-state index contributed by atoms with van der Waals surface area (Å²) in [5.41, 5.74) is 0. The Morgan fingerprint density at radius 3 is 0.667 bits per heavy atom. The predicted molar refractivity (Wildman–Crippen MR) is 71.7 cm³/mol. The van der Waals surface area contributed by atoms with Crippen LogP contribution in [0.15, 0.2) is 0 Å². The molecule has 0 aromatic rings. The number of carbonyl (C=O) groups excluding carboxylic acids is 6. The van der Waals surface area contributed by atoms with Crippen molar-refractivity contribution in [3.8, 4) is 0 Å². The zero-order valence-electron chi connectivity index (χ0n) is 15.3. The van der Waals surface area contributed by atoms with Gasteiger partial charge in [0.05, 0.1) is 0 Å². The Balaban J connectivity index is 6.38. The molecule has 0 amide bonds. The van der Waals surface area contributed by atoms with E-state index in [1.807, 2.05) is 0 Å². The number of carbonyl (C=O) groups is 6. The molecule has 0 unspecified atom stereocenters. The minimum atomic E-state index is -5.76. The van der Waals surface area contributed by atoms with E-state index in [2.05, 4.69) is 0 Å². The summed E-state index contributed by atoms with van der Waals surface area (Å²) in [4.78, 5) is 68.6. The fraction of sp³-hybridized carbons (Fsp3) is 0.500. The molecule has 0 radical (unpaired) electrons. The van der Waals surface area contributed by atoms with Gasteiger partial charge in [-0.15, -0.1) is 0 Å². The van der Waals surface area contributed by atoms with Crippen LogP contribution in [0.5, 0.6) is 0 Å². The molecule has 0 rings (SSSR count). The molecule has 0 N–H and O–H groups in total. The van der Waals surface area contributed by atoms with Gasteiger partial charge in [-0.05, 0) is 0 Å². The van der Waals surface area contributed by atoms with Gasteiger partial charge in [-0.2, -0.15) is 0 Å². The van der Waals surface area contributed by atoms with Gasteiger partial charge in [0.25, 0.3) is 0 Å². The second kappa shape index (κ2) is 10.5. The quantitative estimate of drug-likeness (QED) is 0.440. The third-order valence-electron chi connectivity index (χ3n) is 1.86. The molecule has 0 saturated heterocycles. The Hall–Kier alpha value is -1.79. The van der Waals surface area contributed by atoms with Crippen LogP contribution in [0.4, 0.5) is 0 Å². The Kier molecular flexibility index (Phi) is 9.82. The molecule has 152 valence electrons. The van der Waals surface area contributed by atoms with Gasteiger partial charge in [-0.3, -0.25) is 0 Å². The van der Waals surface area contributed by atoms with Crippen LogP contribution in [0.25, 0.3) is 0 Å². The fourth-order valence-electron chi connectivity index (χ4n) is 1.46. The van der Waals surface area contributed by atoms with Gasteiger partial charge in [0.2, 0.25) is 0 Å². The van der Waals surface area contributed by atoms with E-state index in [4.69, 9.17) is 21.8 Å². The summed E-state index contributed by atoms with van der Waals surface area (Å²) in [5.74, 6) is -6.65. The predicted octanol–water partition coefficient (Wildman–Crippen LogP) is 0.00940. The van der Waals surface area contributed by atoms with Crippen molar-refractivity contribution in [2.75, 3.05) is 0 Å². The normalized spacial score (nSPS) is 10.9. The van der Waals surface area contributed by atoms with Crippen LogP contribution in [-0.4, -0.2) is 35.8 Å². The maximum absolute atomic E-state index is 11.4. The summed E-state index contributed by atoms with van der Waals surface area (Å²) in [6, 6.07) is 0. The van der Waals surface area contributed by atoms with E-state index >= 15 is 0 Å². The summed E-state index contributed by atoms with van der Waals surface area (Å²) in [6.07, 6.45) is 0. The van der Waals surface area contributed by atoms with Crippen molar-refractivity contribution in [2.45, 2.75) is 41.5 Å². The van der Waals surface area contributed by atoms with Crippen molar-refractivity contribution in [2.24, 2.45) is 0 Å². The van der Waals surface area contributed by atoms with E-state index in [0.717, 1.165) is 41.5 Å². The molecular formula is C12H18O13Ti2. The van der Waals surface area contributed by atoms with Crippen LogP contribution in [0, 0.1) is 0 Å². The Morgan fingerprint density at radius 1 is 0.407 bits per heavy atom. The van der Waals surface area contributed by atoms with Crippen LogP contribution in [0.1, 0.15) is 41.5 Å². The number of hydrogen-bond donors (Lipinski definition) is 0. The van der Waals surface area contributed by atoms with Crippen LogP contribution >= 0.6 is 0 Å². The molecule has 0 atom stereocenters.